The lowest BCUT2D eigenvalue weighted by atomic mass is 10.0. The molecule has 6 nitrogen and oxygen atoms in total. The number of aromatic nitrogens is 1. The van der Waals surface area contributed by atoms with Crippen LogP contribution in [-0.2, 0) is 14.3 Å². The summed E-state index contributed by atoms with van der Waals surface area (Å²) in [4.78, 5) is 34.8. The lowest BCUT2D eigenvalue weighted by molar-refractivity contribution is -0.152. The van der Waals surface area contributed by atoms with Gasteiger partial charge in [0.05, 0.1) is 4.88 Å². The Morgan fingerprint density at radius 3 is 2.21 bits per heavy atom. The van der Waals surface area contributed by atoms with E-state index in [-0.39, 0.29) is 17.0 Å². The number of nitrogens with zero attached hydrogens (tertiary/aromatic N) is 2. The van der Waals surface area contributed by atoms with Crippen molar-refractivity contribution >= 4 is 52.3 Å². The summed E-state index contributed by atoms with van der Waals surface area (Å²) >= 11 is 4.63. The Balaban J connectivity index is 1.37. The monoisotopic (exact) mass is 557 g/mol. The molecule has 0 spiro atoms. The average molecular weight is 558 g/mol. The van der Waals surface area contributed by atoms with E-state index in [0.29, 0.717) is 5.75 Å². The maximum atomic E-state index is 13.9. The Morgan fingerprint density at radius 2 is 1.58 bits per heavy atom. The highest BCUT2D eigenvalue weighted by Gasteiger charge is 2.52. The summed E-state index contributed by atoms with van der Waals surface area (Å²) in [5.74, 6) is -0.286. The Labute approximate surface area is 232 Å². The molecule has 0 bridgehead atoms. The van der Waals surface area contributed by atoms with Crippen molar-refractivity contribution in [1.29, 1.82) is 0 Å². The van der Waals surface area contributed by atoms with Crippen LogP contribution >= 0.6 is 34.9 Å². The number of nitrogens with two attached hydrogens (primary N) is 1. The zero-order valence-corrected chi connectivity index (χ0v) is 22.5. The maximum Gasteiger partial charge on any atom is 0.356 e. The zero-order chi connectivity index (χ0) is 26.1. The smallest absolute Gasteiger partial charge is 0.356 e. The van der Waals surface area contributed by atoms with Gasteiger partial charge in [-0.25, -0.2) is 9.78 Å². The Kier molecular flexibility index (Phi) is 7.08. The topological polar surface area (TPSA) is 85.5 Å². The van der Waals surface area contributed by atoms with Crippen molar-refractivity contribution in [2.45, 2.75) is 26.8 Å². The molecule has 38 heavy (non-hydrogen) atoms. The molecule has 2 aliphatic rings. The molecule has 2 N–H and O–H groups in total. The molecule has 4 aromatic rings. The second-order valence-corrected chi connectivity index (χ2v) is 12.2. The molecule has 1 fully saturated rings. The molecule has 0 aliphatic carbocycles. The lowest BCUT2D eigenvalue weighted by Gasteiger charge is -2.48. The van der Waals surface area contributed by atoms with Crippen molar-refractivity contribution in [3.8, 4) is 0 Å². The molecule has 1 aromatic heterocycles. The van der Waals surface area contributed by atoms with Crippen LogP contribution in [0.1, 0.15) is 22.1 Å². The quantitative estimate of drug-likeness (QED) is 0.235. The van der Waals surface area contributed by atoms with E-state index in [1.807, 2.05) is 91.0 Å². The van der Waals surface area contributed by atoms with Crippen molar-refractivity contribution < 1.29 is 14.3 Å². The van der Waals surface area contributed by atoms with Crippen molar-refractivity contribution in [3.05, 3.63) is 119 Å². The SMILES string of the molecule is N[C@@H]1C(=O)N2C(C(=O)OC(c3ccccc3)c3ccccc3)=C(c3cnc(Sc4ccccc4)s3)CS[C@H]12. The third kappa shape index (κ3) is 4.78. The van der Waals surface area contributed by atoms with Crippen molar-refractivity contribution in [1.82, 2.24) is 9.88 Å². The molecule has 9 heteroatoms. The van der Waals surface area contributed by atoms with E-state index < -0.39 is 18.1 Å². The van der Waals surface area contributed by atoms with Gasteiger partial charge in [-0.2, -0.15) is 0 Å². The first kappa shape index (κ1) is 24.9. The Morgan fingerprint density at radius 1 is 0.974 bits per heavy atom. The number of carbonyl (C=O) groups is 2. The Bertz CT molecular complexity index is 1450. The highest BCUT2D eigenvalue weighted by molar-refractivity contribution is 8.01. The summed E-state index contributed by atoms with van der Waals surface area (Å²) < 4.78 is 7.05. The second-order valence-electron chi connectivity index (χ2n) is 8.78. The number of benzene rings is 3. The molecule has 190 valence electrons. The molecular formula is C29H23N3O3S3. The van der Waals surface area contributed by atoms with Crippen molar-refractivity contribution in [2.24, 2.45) is 5.73 Å². The summed E-state index contributed by atoms with van der Waals surface area (Å²) in [6.45, 7) is 0. The van der Waals surface area contributed by atoms with Crippen LogP contribution in [0.3, 0.4) is 0 Å². The first-order chi connectivity index (χ1) is 18.6. The minimum atomic E-state index is -0.631. The largest absolute Gasteiger partial charge is 0.448 e. The van der Waals surface area contributed by atoms with Gasteiger partial charge in [-0.05, 0) is 23.3 Å². The fourth-order valence-electron chi connectivity index (χ4n) is 4.48. The van der Waals surface area contributed by atoms with Crippen molar-refractivity contribution in [3.63, 3.8) is 0 Å². The Hall–Kier alpha value is -3.37. The minimum Gasteiger partial charge on any atom is -0.448 e. The van der Waals surface area contributed by atoms with Gasteiger partial charge in [0.25, 0.3) is 0 Å². The molecule has 3 heterocycles. The number of β-lactam (4-membered cyclic amide) rings is 1. The predicted molar refractivity (Wildman–Crippen MR) is 151 cm³/mol. The minimum absolute atomic E-state index is 0.261. The summed E-state index contributed by atoms with van der Waals surface area (Å²) in [6.07, 6.45) is 1.15. The molecule has 2 aliphatic heterocycles. The molecule has 0 saturated carbocycles. The molecule has 2 atom stereocenters. The van der Waals surface area contributed by atoms with E-state index in [1.54, 1.807) is 29.7 Å². The fourth-order valence-corrected chi connectivity index (χ4v) is 7.89. The van der Waals surface area contributed by atoms with E-state index in [4.69, 9.17) is 10.5 Å². The van der Waals surface area contributed by atoms with Crippen LogP contribution in [0.2, 0.25) is 0 Å². The molecule has 3 aromatic carbocycles. The number of esters is 1. The highest BCUT2D eigenvalue weighted by Crippen LogP contribution is 2.45. The first-order valence-corrected chi connectivity index (χ1v) is 14.7. The van der Waals surface area contributed by atoms with Crippen LogP contribution in [0.4, 0.5) is 0 Å². The molecule has 0 unspecified atom stereocenters. The summed E-state index contributed by atoms with van der Waals surface area (Å²) in [5, 5.41) is -0.285. The highest BCUT2D eigenvalue weighted by atomic mass is 32.2. The number of rotatable bonds is 7. The number of carbonyl (C=O) groups excluding carboxylic acids is 2. The number of hydrogen-bond donors (Lipinski definition) is 1. The predicted octanol–water partition coefficient (Wildman–Crippen LogP) is 5.58. The first-order valence-electron chi connectivity index (χ1n) is 12.0. The van der Waals surface area contributed by atoms with Crippen molar-refractivity contribution in [2.75, 3.05) is 5.75 Å². The fraction of sp³-hybridized carbons (Fsp3) is 0.138. The van der Waals surface area contributed by atoms with E-state index in [1.165, 1.54) is 16.2 Å². The number of thioether (sulfide) groups is 1. The average Bonchev–Trinajstić information content (AvgIpc) is 3.44. The van der Waals surface area contributed by atoms with Gasteiger partial charge >= 0.3 is 5.97 Å². The number of amides is 1. The van der Waals surface area contributed by atoms with Crippen LogP contribution in [0.5, 0.6) is 0 Å². The molecule has 0 radical (unpaired) electrons. The van der Waals surface area contributed by atoms with Gasteiger partial charge in [-0.15, -0.1) is 23.1 Å². The maximum absolute atomic E-state index is 13.9. The van der Waals surface area contributed by atoms with Crippen LogP contribution in [0, 0.1) is 0 Å². The van der Waals surface area contributed by atoms with E-state index in [9.17, 15) is 9.59 Å². The summed E-state index contributed by atoms with van der Waals surface area (Å²) in [7, 11) is 0. The van der Waals surface area contributed by atoms with Gasteiger partial charge in [0.1, 0.15) is 17.1 Å². The summed E-state index contributed by atoms with van der Waals surface area (Å²) in [6, 6.07) is 28.6. The zero-order valence-electron chi connectivity index (χ0n) is 20.1. The van der Waals surface area contributed by atoms with Gasteiger partial charge in [-0.3, -0.25) is 9.69 Å². The van der Waals surface area contributed by atoms with Gasteiger partial charge in [-0.1, -0.05) is 90.6 Å². The van der Waals surface area contributed by atoms with E-state index >= 15 is 0 Å². The van der Waals surface area contributed by atoms with E-state index in [2.05, 4.69) is 4.98 Å². The third-order valence-electron chi connectivity index (χ3n) is 6.36. The number of hydrogen-bond acceptors (Lipinski definition) is 8. The number of ether oxygens (including phenoxy) is 1. The molecule has 6 rings (SSSR count). The number of thiazole rings is 1. The second kappa shape index (κ2) is 10.8. The normalized spacial score (nSPS) is 18.8. The van der Waals surface area contributed by atoms with Crippen LogP contribution in [-0.4, -0.2) is 38.9 Å². The van der Waals surface area contributed by atoms with E-state index in [0.717, 1.165) is 30.8 Å². The summed E-state index contributed by atoms with van der Waals surface area (Å²) in [5.41, 5.74) is 8.80. The van der Waals surface area contributed by atoms with Gasteiger partial charge < -0.3 is 10.5 Å². The number of fused-ring (bicyclic) bond motifs is 1. The molecular weight excluding hydrogens is 535 g/mol. The third-order valence-corrected chi connectivity index (χ3v) is 9.80. The van der Waals surface area contributed by atoms with Gasteiger partial charge in [0.2, 0.25) is 5.91 Å². The standard InChI is InChI=1S/C29H23N3O3S3/c30-23-26(33)32-24(28(34)35-25(18-10-4-1-5-11-18)19-12-6-2-7-13-19)21(17-36-27(23)32)22-16-31-29(38-22)37-20-14-8-3-9-15-20/h1-16,23,25,27H,17,30H2/t23-,27-/m1/s1. The molecule has 1 amide bonds. The van der Waals surface area contributed by atoms with Gasteiger partial charge in [0, 0.05) is 22.4 Å². The lowest BCUT2D eigenvalue weighted by Crippen LogP contribution is -2.68. The molecule has 1 saturated heterocycles. The van der Waals surface area contributed by atoms with Crippen LogP contribution < -0.4 is 5.73 Å². The van der Waals surface area contributed by atoms with Gasteiger partial charge in [0.15, 0.2) is 10.4 Å². The van der Waals surface area contributed by atoms with Crippen LogP contribution in [0.15, 0.2) is 112 Å². The van der Waals surface area contributed by atoms with Crippen LogP contribution in [0.25, 0.3) is 5.57 Å².